The summed E-state index contributed by atoms with van der Waals surface area (Å²) in [6.45, 7) is 3.68. The van der Waals surface area contributed by atoms with Crippen LogP contribution in [0.1, 0.15) is 29.8 Å². The predicted molar refractivity (Wildman–Crippen MR) is 133 cm³/mol. The molecule has 0 atom stereocenters. The van der Waals surface area contributed by atoms with Crippen molar-refractivity contribution in [3.05, 3.63) is 66.0 Å². The molecule has 1 heterocycles. The van der Waals surface area contributed by atoms with E-state index in [0.29, 0.717) is 22.8 Å². The van der Waals surface area contributed by atoms with E-state index in [1.165, 1.54) is 6.20 Å². The van der Waals surface area contributed by atoms with Gasteiger partial charge in [-0.25, -0.2) is 4.98 Å². The van der Waals surface area contributed by atoms with E-state index in [-0.39, 0.29) is 12.5 Å². The number of hydrogen-bond acceptors (Lipinski definition) is 7. The normalized spacial score (nSPS) is 12.2. The van der Waals surface area contributed by atoms with E-state index in [1.807, 2.05) is 24.3 Å². The third-order valence-corrected chi connectivity index (χ3v) is 4.90. The molecule has 0 fully saturated rings. The first-order chi connectivity index (χ1) is 15.7. The maximum Gasteiger partial charge on any atom is 0.251 e. The van der Waals surface area contributed by atoms with Gasteiger partial charge in [0, 0.05) is 42.2 Å². The number of allylic oxidation sites excluding steroid dienone is 1. The maximum absolute atomic E-state index is 11.9. The monoisotopic (exact) mass is 447 g/mol. The molecule has 0 saturated heterocycles. The number of rotatable bonds is 8. The molecule has 0 aliphatic carbocycles. The smallest absolute Gasteiger partial charge is 0.251 e. The van der Waals surface area contributed by atoms with Gasteiger partial charge in [-0.15, -0.1) is 0 Å². The summed E-state index contributed by atoms with van der Waals surface area (Å²) in [5.74, 6) is 0.966. The molecule has 0 unspecified atom stereocenters. The number of nitrogens with zero attached hydrogens (tertiary/aromatic N) is 2. The number of aliphatic hydroxyl groups is 1. The molecule has 0 aliphatic heterocycles. The Hall–Kier alpha value is -3.91. The first-order valence-corrected chi connectivity index (χ1v) is 10.5. The van der Waals surface area contributed by atoms with Crippen LogP contribution in [0.4, 0.5) is 11.5 Å². The lowest BCUT2D eigenvalue weighted by molar-refractivity contribution is 0.0905. The van der Waals surface area contributed by atoms with Crippen LogP contribution in [-0.2, 0) is 0 Å². The van der Waals surface area contributed by atoms with Crippen molar-refractivity contribution < 1.29 is 14.6 Å². The second kappa shape index (κ2) is 10.1. The highest BCUT2D eigenvalue weighted by molar-refractivity contribution is 6.10. The Balaban J connectivity index is 1.88. The highest BCUT2D eigenvalue weighted by Crippen LogP contribution is 2.29. The van der Waals surface area contributed by atoms with E-state index in [0.717, 1.165) is 21.9 Å². The number of nitrogens with one attached hydrogen (secondary N) is 2. The second-order valence-electron chi connectivity index (χ2n) is 8.15. The first-order valence-electron chi connectivity index (χ1n) is 10.5. The molecule has 172 valence electrons. The van der Waals surface area contributed by atoms with Crippen molar-refractivity contribution in [1.82, 2.24) is 10.3 Å². The largest absolute Gasteiger partial charge is 0.495 e. The van der Waals surface area contributed by atoms with Crippen molar-refractivity contribution >= 4 is 40.0 Å². The molecule has 0 aliphatic rings. The minimum Gasteiger partial charge on any atom is -0.495 e. The number of aromatic nitrogens is 1. The summed E-state index contributed by atoms with van der Waals surface area (Å²) in [7, 11) is 3.13. The van der Waals surface area contributed by atoms with Crippen molar-refractivity contribution in [1.29, 1.82) is 0 Å². The Morgan fingerprint density at radius 3 is 2.61 bits per heavy atom. The quantitative estimate of drug-likeness (QED) is 0.392. The third kappa shape index (κ3) is 6.08. The maximum atomic E-state index is 11.9. The fourth-order valence-corrected chi connectivity index (χ4v) is 3.19. The van der Waals surface area contributed by atoms with Crippen LogP contribution in [0.15, 0.2) is 59.9 Å². The number of aliphatic imine (C=N–C) groups is 1. The number of nitrogens with two attached hydrogens (primary N) is 1. The number of pyridine rings is 1. The number of anilines is 2. The SMILES string of the molecule is CNC(=O)c1ccc(Nc2cc3cc(C(C=NCC(C)(C)O)=CN)ccc3cn2)c(OC)c1. The minimum absolute atomic E-state index is 0.189. The van der Waals surface area contributed by atoms with E-state index >= 15 is 0 Å². The number of fused-ring (bicyclic) bond motifs is 1. The molecule has 1 aromatic heterocycles. The van der Waals surface area contributed by atoms with Gasteiger partial charge in [0.15, 0.2) is 0 Å². The van der Waals surface area contributed by atoms with Crippen LogP contribution in [-0.4, -0.2) is 48.5 Å². The van der Waals surface area contributed by atoms with E-state index in [2.05, 4.69) is 20.6 Å². The Morgan fingerprint density at radius 1 is 1.18 bits per heavy atom. The van der Waals surface area contributed by atoms with E-state index in [1.54, 1.807) is 58.6 Å². The summed E-state index contributed by atoms with van der Waals surface area (Å²) in [4.78, 5) is 20.7. The summed E-state index contributed by atoms with van der Waals surface area (Å²) in [6, 6.07) is 13.0. The van der Waals surface area contributed by atoms with E-state index in [4.69, 9.17) is 10.5 Å². The number of carbonyl (C=O) groups excluding carboxylic acids is 1. The van der Waals surface area contributed by atoms with Crippen molar-refractivity contribution in [2.75, 3.05) is 26.0 Å². The van der Waals surface area contributed by atoms with E-state index in [9.17, 15) is 9.90 Å². The lowest BCUT2D eigenvalue weighted by Crippen LogP contribution is -2.22. The zero-order valence-electron chi connectivity index (χ0n) is 19.2. The van der Waals surface area contributed by atoms with Crippen molar-refractivity contribution in [3.63, 3.8) is 0 Å². The predicted octanol–water partition coefficient (Wildman–Crippen LogP) is 3.49. The standard InChI is InChI=1S/C25H29N5O3/c1-25(2,32)15-28-13-20(12-26)16-5-6-18-14-29-23(11-19(18)9-16)30-21-8-7-17(24(31)27-3)10-22(21)33-4/h5-14,32H,15,26H2,1-4H3,(H,27,31)(H,29,30). The van der Waals surface area contributed by atoms with Crippen molar-refractivity contribution in [2.45, 2.75) is 19.4 Å². The molecule has 2 aromatic carbocycles. The van der Waals surface area contributed by atoms with Crippen LogP contribution in [0, 0.1) is 0 Å². The molecular formula is C25H29N5O3. The summed E-state index contributed by atoms with van der Waals surface area (Å²) >= 11 is 0. The van der Waals surface area contributed by atoms with Gasteiger partial charge in [0.2, 0.25) is 0 Å². The van der Waals surface area contributed by atoms with Crippen LogP contribution in [0.5, 0.6) is 5.75 Å². The zero-order chi connectivity index (χ0) is 24.0. The summed E-state index contributed by atoms with van der Waals surface area (Å²) in [5, 5.41) is 17.6. The Bertz CT molecular complexity index is 1210. The van der Waals surface area contributed by atoms with Crippen LogP contribution in [0.25, 0.3) is 16.3 Å². The molecule has 33 heavy (non-hydrogen) atoms. The third-order valence-electron chi connectivity index (χ3n) is 4.90. The topological polar surface area (TPSA) is 122 Å². The highest BCUT2D eigenvalue weighted by Gasteiger charge is 2.12. The van der Waals surface area contributed by atoms with Crippen LogP contribution < -0.4 is 21.1 Å². The van der Waals surface area contributed by atoms with Gasteiger partial charge in [-0.2, -0.15) is 0 Å². The van der Waals surface area contributed by atoms with Gasteiger partial charge in [-0.1, -0.05) is 12.1 Å². The van der Waals surface area contributed by atoms with Gasteiger partial charge in [0.05, 0.1) is 24.9 Å². The Morgan fingerprint density at radius 2 is 1.94 bits per heavy atom. The number of benzene rings is 2. The van der Waals surface area contributed by atoms with Gasteiger partial charge in [-0.3, -0.25) is 9.79 Å². The molecule has 3 rings (SSSR count). The minimum atomic E-state index is -0.883. The summed E-state index contributed by atoms with van der Waals surface area (Å²) in [5.41, 5.74) is 7.78. The average molecular weight is 448 g/mol. The molecule has 5 N–H and O–H groups in total. The van der Waals surface area contributed by atoms with Gasteiger partial charge >= 0.3 is 0 Å². The molecule has 1 amide bonds. The lowest BCUT2D eigenvalue weighted by Gasteiger charge is -2.13. The van der Waals surface area contributed by atoms with Crippen LogP contribution in [0.2, 0.25) is 0 Å². The Kier molecular flexibility index (Phi) is 7.30. The highest BCUT2D eigenvalue weighted by atomic mass is 16.5. The molecule has 0 spiro atoms. The average Bonchev–Trinajstić information content (AvgIpc) is 2.80. The fraction of sp³-hybridized carbons (Fsp3) is 0.240. The molecular weight excluding hydrogens is 418 g/mol. The lowest BCUT2D eigenvalue weighted by atomic mass is 10.0. The fourth-order valence-electron chi connectivity index (χ4n) is 3.19. The first kappa shape index (κ1) is 23.7. The summed E-state index contributed by atoms with van der Waals surface area (Å²) < 4.78 is 5.44. The molecule has 8 nitrogen and oxygen atoms in total. The number of hydrogen-bond donors (Lipinski definition) is 4. The van der Waals surface area contributed by atoms with E-state index < -0.39 is 5.60 Å². The van der Waals surface area contributed by atoms with Gasteiger partial charge < -0.3 is 26.2 Å². The van der Waals surface area contributed by atoms with Crippen LogP contribution in [0.3, 0.4) is 0 Å². The molecule has 0 radical (unpaired) electrons. The van der Waals surface area contributed by atoms with Crippen molar-refractivity contribution in [3.8, 4) is 5.75 Å². The number of amides is 1. The van der Waals surface area contributed by atoms with Crippen LogP contribution >= 0.6 is 0 Å². The molecule has 0 saturated carbocycles. The molecule has 8 heteroatoms. The number of ether oxygens (including phenoxy) is 1. The summed E-state index contributed by atoms with van der Waals surface area (Å²) in [6.07, 6.45) is 4.94. The number of methoxy groups -OCH3 is 1. The number of carbonyl (C=O) groups is 1. The van der Waals surface area contributed by atoms with Crippen molar-refractivity contribution in [2.24, 2.45) is 10.7 Å². The molecule has 0 bridgehead atoms. The van der Waals surface area contributed by atoms with Gasteiger partial charge in [0.25, 0.3) is 5.91 Å². The van der Waals surface area contributed by atoms with Gasteiger partial charge in [0.1, 0.15) is 11.6 Å². The zero-order valence-corrected chi connectivity index (χ0v) is 19.2. The second-order valence-corrected chi connectivity index (χ2v) is 8.15. The Labute approximate surface area is 193 Å². The molecule has 3 aromatic rings. The van der Waals surface area contributed by atoms with Gasteiger partial charge in [-0.05, 0) is 55.1 Å².